The predicted molar refractivity (Wildman–Crippen MR) is 81.2 cm³/mol. The van der Waals surface area contributed by atoms with E-state index in [-0.39, 0.29) is 11.9 Å². The molecule has 1 aromatic carbocycles. The molecule has 1 heterocycles. The number of ether oxygens (including phenoxy) is 1. The highest BCUT2D eigenvalue weighted by atomic mass is 16.5. The fourth-order valence-electron chi connectivity index (χ4n) is 2.71. The van der Waals surface area contributed by atoms with Crippen LogP contribution in [0.5, 0.6) is 5.75 Å². The minimum absolute atomic E-state index is 0.0503. The Hall–Kier alpha value is -1.59. The molecule has 2 atom stereocenters. The van der Waals surface area contributed by atoms with Gasteiger partial charge in [-0.25, -0.2) is 0 Å². The second kappa shape index (κ2) is 7.43. The van der Waals surface area contributed by atoms with Crippen LogP contribution in [-0.2, 0) is 4.79 Å². The smallest absolute Gasteiger partial charge is 0.226 e. The number of amides is 1. The van der Waals surface area contributed by atoms with Crippen molar-refractivity contribution >= 4 is 5.91 Å². The van der Waals surface area contributed by atoms with Gasteiger partial charge in [-0.15, -0.1) is 0 Å². The van der Waals surface area contributed by atoms with E-state index in [1.807, 2.05) is 49.3 Å². The summed E-state index contributed by atoms with van der Waals surface area (Å²) in [4.78, 5) is 16.1. The van der Waals surface area contributed by atoms with Gasteiger partial charge >= 0.3 is 0 Å². The van der Waals surface area contributed by atoms with Crippen molar-refractivity contribution in [2.24, 2.45) is 0 Å². The molecular weight excluding hydrogens is 268 g/mol. The molecule has 2 unspecified atom stereocenters. The van der Waals surface area contributed by atoms with E-state index in [4.69, 9.17) is 4.74 Å². The molecule has 2 rings (SSSR count). The van der Waals surface area contributed by atoms with E-state index in [9.17, 15) is 9.90 Å². The number of hydrogen-bond donors (Lipinski definition) is 1. The molecule has 1 saturated heterocycles. The van der Waals surface area contributed by atoms with Gasteiger partial charge in [-0.1, -0.05) is 18.2 Å². The molecule has 1 N–H and O–H groups in total. The Bertz CT molecular complexity index is 450. The third-order valence-corrected chi connectivity index (χ3v) is 3.62. The minimum atomic E-state index is -0.408. The van der Waals surface area contributed by atoms with E-state index in [2.05, 4.69) is 0 Å². The summed E-state index contributed by atoms with van der Waals surface area (Å²) in [5.41, 5.74) is 0. The second-order valence-electron chi connectivity index (χ2n) is 5.76. The average Bonchev–Trinajstić information content (AvgIpc) is 2.80. The van der Waals surface area contributed by atoms with Gasteiger partial charge in [0.1, 0.15) is 5.75 Å². The number of likely N-dealkylation sites (tertiary alicyclic amines) is 1. The fraction of sp³-hybridized carbons (Fsp3) is 0.562. The lowest BCUT2D eigenvalue weighted by molar-refractivity contribution is -0.133. The summed E-state index contributed by atoms with van der Waals surface area (Å²) in [5.74, 6) is 0.825. The number of nitrogens with zero attached hydrogens (tertiary/aromatic N) is 2. The van der Waals surface area contributed by atoms with Crippen LogP contribution >= 0.6 is 0 Å². The van der Waals surface area contributed by atoms with Crippen molar-refractivity contribution in [1.29, 1.82) is 0 Å². The molecule has 1 fully saturated rings. The molecule has 116 valence electrons. The van der Waals surface area contributed by atoms with Crippen LogP contribution in [0.3, 0.4) is 0 Å². The van der Waals surface area contributed by atoms with Crippen LogP contribution < -0.4 is 4.74 Å². The van der Waals surface area contributed by atoms with Crippen molar-refractivity contribution in [3.8, 4) is 5.75 Å². The van der Waals surface area contributed by atoms with Gasteiger partial charge < -0.3 is 19.6 Å². The third kappa shape index (κ3) is 4.72. The summed E-state index contributed by atoms with van der Waals surface area (Å²) in [6, 6.07) is 9.58. The molecule has 1 amide bonds. The highest BCUT2D eigenvalue weighted by molar-refractivity contribution is 5.77. The topological polar surface area (TPSA) is 53.0 Å². The van der Waals surface area contributed by atoms with Gasteiger partial charge in [-0.2, -0.15) is 0 Å². The number of likely N-dealkylation sites (N-methyl/N-ethyl adjacent to an activating group) is 1. The van der Waals surface area contributed by atoms with Crippen molar-refractivity contribution in [3.05, 3.63) is 30.3 Å². The minimum Gasteiger partial charge on any atom is -0.493 e. The number of para-hydroxylation sites is 1. The van der Waals surface area contributed by atoms with Crippen LogP contribution in [-0.4, -0.2) is 66.8 Å². The van der Waals surface area contributed by atoms with Crippen LogP contribution in [0.4, 0.5) is 0 Å². The summed E-state index contributed by atoms with van der Waals surface area (Å²) in [6.45, 7) is 1.58. The number of carbonyl (C=O) groups is 1. The lowest BCUT2D eigenvalue weighted by atomic mass is 10.2. The molecule has 0 aromatic heterocycles. The van der Waals surface area contributed by atoms with Crippen LogP contribution in [0, 0.1) is 0 Å². The monoisotopic (exact) mass is 292 g/mol. The summed E-state index contributed by atoms with van der Waals surface area (Å²) in [5, 5.41) is 9.79. The molecule has 5 heteroatoms. The van der Waals surface area contributed by atoms with Crippen molar-refractivity contribution in [2.75, 3.05) is 33.8 Å². The molecule has 1 aliphatic rings. The first-order chi connectivity index (χ1) is 10.1. The Morgan fingerprint density at radius 2 is 2.10 bits per heavy atom. The molecular formula is C16H24N2O3. The van der Waals surface area contributed by atoms with E-state index in [0.29, 0.717) is 26.0 Å². The van der Waals surface area contributed by atoms with E-state index in [1.54, 1.807) is 4.90 Å². The van der Waals surface area contributed by atoms with Gasteiger partial charge in [-0.3, -0.25) is 4.79 Å². The molecule has 0 aliphatic carbocycles. The lowest BCUT2D eigenvalue weighted by Crippen LogP contribution is -2.41. The summed E-state index contributed by atoms with van der Waals surface area (Å²) >= 11 is 0. The highest BCUT2D eigenvalue weighted by Crippen LogP contribution is 2.19. The van der Waals surface area contributed by atoms with Crippen LogP contribution in [0.25, 0.3) is 0 Å². The predicted octanol–water partition coefficient (Wildman–Crippen LogP) is 0.979. The number of β-amino-alcohol motifs (C(OH)–C–C–N with tert-alkyl or cyclic N) is 1. The quantitative estimate of drug-likeness (QED) is 0.849. The van der Waals surface area contributed by atoms with Gasteiger partial charge in [0.2, 0.25) is 5.91 Å². The zero-order valence-corrected chi connectivity index (χ0v) is 12.7. The largest absolute Gasteiger partial charge is 0.493 e. The van der Waals surface area contributed by atoms with E-state index in [1.165, 1.54) is 0 Å². The van der Waals surface area contributed by atoms with Gasteiger partial charge in [0, 0.05) is 19.1 Å². The Morgan fingerprint density at radius 1 is 1.38 bits per heavy atom. The Balaban J connectivity index is 1.81. The maximum atomic E-state index is 12.3. The summed E-state index contributed by atoms with van der Waals surface area (Å²) in [6.07, 6.45) is 0.587. The molecule has 0 bridgehead atoms. The van der Waals surface area contributed by atoms with E-state index >= 15 is 0 Å². The number of carbonyl (C=O) groups excluding carboxylic acids is 1. The molecule has 5 nitrogen and oxygen atoms in total. The Kier molecular flexibility index (Phi) is 5.59. The van der Waals surface area contributed by atoms with Crippen molar-refractivity contribution in [1.82, 2.24) is 9.80 Å². The van der Waals surface area contributed by atoms with Gasteiger partial charge in [0.15, 0.2) is 0 Å². The maximum Gasteiger partial charge on any atom is 0.226 e. The number of hydrogen-bond acceptors (Lipinski definition) is 4. The molecule has 1 aliphatic heterocycles. The first-order valence-corrected chi connectivity index (χ1v) is 7.36. The van der Waals surface area contributed by atoms with Gasteiger partial charge in [-0.05, 0) is 32.6 Å². The van der Waals surface area contributed by atoms with E-state index < -0.39 is 6.10 Å². The van der Waals surface area contributed by atoms with Crippen LogP contribution in [0.1, 0.15) is 12.8 Å². The standard InChI is InChI=1S/C16H24N2O3/c1-17(2)11-13-10-14(19)12-18(13)16(20)8-9-21-15-6-4-3-5-7-15/h3-7,13-14,19H,8-12H2,1-2H3. The van der Waals surface area contributed by atoms with E-state index in [0.717, 1.165) is 12.3 Å². The van der Waals surface area contributed by atoms with Gasteiger partial charge in [0.05, 0.1) is 19.1 Å². The molecule has 0 saturated carbocycles. The zero-order valence-electron chi connectivity index (χ0n) is 12.7. The maximum absolute atomic E-state index is 12.3. The molecule has 0 radical (unpaired) electrons. The Labute approximate surface area is 126 Å². The van der Waals surface area contributed by atoms with Crippen LogP contribution in [0.2, 0.25) is 0 Å². The molecule has 21 heavy (non-hydrogen) atoms. The first-order valence-electron chi connectivity index (χ1n) is 7.36. The Morgan fingerprint density at radius 3 is 2.76 bits per heavy atom. The normalized spacial score (nSPS) is 21.8. The van der Waals surface area contributed by atoms with Crippen LogP contribution in [0.15, 0.2) is 30.3 Å². The lowest BCUT2D eigenvalue weighted by Gasteiger charge is -2.26. The third-order valence-electron chi connectivity index (χ3n) is 3.62. The SMILES string of the molecule is CN(C)CC1CC(O)CN1C(=O)CCOc1ccccc1. The van der Waals surface area contributed by atoms with Gasteiger partial charge in [0.25, 0.3) is 0 Å². The highest BCUT2D eigenvalue weighted by Gasteiger charge is 2.34. The second-order valence-corrected chi connectivity index (χ2v) is 5.76. The summed E-state index contributed by atoms with van der Waals surface area (Å²) in [7, 11) is 3.96. The molecule has 0 spiro atoms. The number of aliphatic hydroxyl groups excluding tert-OH is 1. The van der Waals surface area contributed by atoms with Crippen molar-refractivity contribution in [3.63, 3.8) is 0 Å². The number of benzene rings is 1. The van der Waals surface area contributed by atoms with Crippen molar-refractivity contribution < 1.29 is 14.6 Å². The number of rotatable bonds is 6. The number of aliphatic hydroxyl groups is 1. The first kappa shape index (κ1) is 15.8. The fourth-order valence-corrected chi connectivity index (χ4v) is 2.71. The summed E-state index contributed by atoms with van der Waals surface area (Å²) < 4.78 is 5.56. The average molecular weight is 292 g/mol. The molecule has 1 aromatic rings. The zero-order chi connectivity index (χ0) is 15.2. The van der Waals surface area contributed by atoms with Crippen molar-refractivity contribution in [2.45, 2.75) is 25.0 Å².